The van der Waals surface area contributed by atoms with Crippen molar-refractivity contribution in [3.05, 3.63) is 32.7 Å². The van der Waals surface area contributed by atoms with Crippen LogP contribution in [-0.2, 0) is 0 Å². The molecule has 0 fully saturated rings. The second kappa shape index (κ2) is 5.98. The summed E-state index contributed by atoms with van der Waals surface area (Å²) in [5.74, 6) is 0. The van der Waals surface area contributed by atoms with Crippen molar-refractivity contribution in [2.75, 3.05) is 6.61 Å². The molecule has 1 aromatic rings. The molecule has 0 aliphatic carbocycles. The monoisotopic (exact) mass is 329 g/mol. The molecular weight excluding hydrogens is 321 g/mol. The zero-order valence-electron chi connectivity index (χ0n) is 6.71. The summed E-state index contributed by atoms with van der Waals surface area (Å²) < 4.78 is 1.89. The van der Waals surface area contributed by atoms with Crippen LogP contribution in [-0.4, -0.2) is 11.7 Å². The molecule has 5 heteroatoms. The minimum atomic E-state index is -0.322. The van der Waals surface area contributed by atoms with Gasteiger partial charge in [-0.1, -0.05) is 31.9 Å². The van der Waals surface area contributed by atoms with Crippen LogP contribution in [0, 0.1) is 0 Å². The highest BCUT2D eigenvalue weighted by molar-refractivity contribution is 9.11. The molecule has 0 saturated carbocycles. The topological polar surface area (TPSA) is 46.2 Å². The Labute approximate surface area is 100 Å². The molecule has 1 atom stereocenters. The second-order valence-corrected chi connectivity index (χ2v) is 4.22. The minimum Gasteiger partial charge on any atom is -0.394 e. The number of hydrogen-bond donors (Lipinski definition) is 2. The highest BCUT2D eigenvalue weighted by Gasteiger charge is 2.08. The van der Waals surface area contributed by atoms with Gasteiger partial charge >= 0.3 is 0 Å². The maximum atomic E-state index is 8.84. The van der Waals surface area contributed by atoms with E-state index in [-0.39, 0.29) is 25.1 Å². The van der Waals surface area contributed by atoms with Crippen molar-refractivity contribution in [1.82, 2.24) is 0 Å². The van der Waals surface area contributed by atoms with Crippen LogP contribution in [0.1, 0.15) is 11.6 Å². The zero-order chi connectivity index (χ0) is 9.14. The third-order valence-corrected chi connectivity index (χ3v) is 2.77. The van der Waals surface area contributed by atoms with Crippen LogP contribution in [0.15, 0.2) is 27.1 Å². The molecule has 0 bridgehead atoms. The Morgan fingerprint density at radius 2 is 2.00 bits per heavy atom. The first-order chi connectivity index (χ1) is 5.65. The van der Waals surface area contributed by atoms with E-state index in [0.717, 1.165) is 14.5 Å². The fourth-order valence-electron chi connectivity index (χ4n) is 0.897. The maximum absolute atomic E-state index is 8.84. The van der Waals surface area contributed by atoms with Gasteiger partial charge in [0.05, 0.1) is 12.6 Å². The van der Waals surface area contributed by atoms with E-state index in [0.29, 0.717) is 0 Å². The molecule has 2 nitrogen and oxygen atoms in total. The van der Waals surface area contributed by atoms with Crippen molar-refractivity contribution in [2.45, 2.75) is 6.04 Å². The fourth-order valence-corrected chi connectivity index (χ4v) is 1.82. The molecule has 0 aromatic heterocycles. The van der Waals surface area contributed by atoms with Crippen molar-refractivity contribution in [2.24, 2.45) is 5.73 Å². The standard InChI is InChI=1S/C8H9Br2NO.ClH/c9-5-1-2-7(10)6(3-5)8(11)4-12;/h1-3,8,12H,4,11H2;1H/t8-;/m1./s1. The van der Waals surface area contributed by atoms with Crippen LogP contribution in [0.25, 0.3) is 0 Å². The van der Waals surface area contributed by atoms with E-state index in [4.69, 9.17) is 10.8 Å². The zero-order valence-corrected chi connectivity index (χ0v) is 10.7. The SMILES string of the molecule is Cl.N[C@H](CO)c1cc(Br)ccc1Br. The largest absolute Gasteiger partial charge is 0.394 e. The molecule has 0 unspecified atom stereocenters. The number of nitrogens with two attached hydrogens (primary N) is 1. The Kier molecular flexibility index (Phi) is 6.16. The second-order valence-electron chi connectivity index (χ2n) is 2.45. The van der Waals surface area contributed by atoms with E-state index < -0.39 is 0 Å². The van der Waals surface area contributed by atoms with Gasteiger partial charge in [0.1, 0.15) is 0 Å². The highest BCUT2D eigenvalue weighted by Crippen LogP contribution is 2.25. The van der Waals surface area contributed by atoms with Crippen LogP contribution in [0.5, 0.6) is 0 Å². The van der Waals surface area contributed by atoms with E-state index in [1.807, 2.05) is 18.2 Å². The van der Waals surface area contributed by atoms with E-state index in [9.17, 15) is 0 Å². The molecular formula is C8H10Br2ClNO. The van der Waals surface area contributed by atoms with Crippen molar-refractivity contribution < 1.29 is 5.11 Å². The van der Waals surface area contributed by atoms with Crippen molar-refractivity contribution >= 4 is 44.3 Å². The van der Waals surface area contributed by atoms with Gasteiger partial charge in [-0.15, -0.1) is 12.4 Å². The quantitative estimate of drug-likeness (QED) is 0.875. The normalized spacial score (nSPS) is 12.0. The van der Waals surface area contributed by atoms with Crippen LogP contribution in [0.4, 0.5) is 0 Å². The molecule has 0 aliphatic rings. The van der Waals surface area contributed by atoms with Crippen LogP contribution >= 0.6 is 44.3 Å². The van der Waals surface area contributed by atoms with Gasteiger partial charge in [0.25, 0.3) is 0 Å². The van der Waals surface area contributed by atoms with E-state index in [1.54, 1.807) is 0 Å². The van der Waals surface area contributed by atoms with Gasteiger partial charge in [-0.3, -0.25) is 0 Å². The molecule has 0 radical (unpaired) electrons. The fraction of sp³-hybridized carbons (Fsp3) is 0.250. The first-order valence-electron chi connectivity index (χ1n) is 3.46. The summed E-state index contributed by atoms with van der Waals surface area (Å²) in [5, 5.41) is 8.84. The maximum Gasteiger partial charge on any atom is 0.0624 e. The molecule has 0 amide bonds. The lowest BCUT2D eigenvalue weighted by Crippen LogP contribution is -2.14. The summed E-state index contributed by atoms with van der Waals surface area (Å²) in [6, 6.07) is 5.38. The van der Waals surface area contributed by atoms with E-state index in [2.05, 4.69) is 31.9 Å². The summed E-state index contributed by atoms with van der Waals surface area (Å²) >= 11 is 6.70. The van der Waals surface area contributed by atoms with Gasteiger partial charge in [-0.25, -0.2) is 0 Å². The predicted molar refractivity (Wildman–Crippen MR) is 63.1 cm³/mol. The number of halogens is 3. The number of benzene rings is 1. The number of aliphatic hydroxyl groups is 1. The lowest BCUT2D eigenvalue weighted by Gasteiger charge is -2.10. The Morgan fingerprint density at radius 3 is 2.54 bits per heavy atom. The lowest BCUT2D eigenvalue weighted by molar-refractivity contribution is 0.267. The summed E-state index contributed by atoms with van der Waals surface area (Å²) in [6.07, 6.45) is 0. The molecule has 0 saturated heterocycles. The molecule has 0 heterocycles. The highest BCUT2D eigenvalue weighted by atomic mass is 79.9. The Morgan fingerprint density at radius 1 is 1.38 bits per heavy atom. The summed E-state index contributed by atoms with van der Waals surface area (Å²) in [6.45, 7) is -0.0466. The van der Waals surface area contributed by atoms with E-state index >= 15 is 0 Å². The van der Waals surface area contributed by atoms with Crippen LogP contribution < -0.4 is 5.73 Å². The summed E-state index contributed by atoms with van der Waals surface area (Å²) in [5.41, 5.74) is 6.57. The van der Waals surface area contributed by atoms with Crippen molar-refractivity contribution in [1.29, 1.82) is 0 Å². The van der Waals surface area contributed by atoms with Gasteiger partial charge in [0.15, 0.2) is 0 Å². The molecule has 1 rings (SSSR count). The van der Waals surface area contributed by atoms with Crippen LogP contribution in [0.3, 0.4) is 0 Å². The molecule has 74 valence electrons. The third kappa shape index (κ3) is 3.56. The van der Waals surface area contributed by atoms with Gasteiger partial charge in [0.2, 0.25) is 0 Å². The van der Waals surface area contributed by atoms with Gasteiger partial charge in [-0.05, 0) is 23.8 Å². The molecule has 13 heavy (non-hydrogen) atoms. The Bertz CT molecular complexity index is 283. The first kappa shape index (κ1) is 13.4. The smallest absolute Gasteiger partial charge is 0.0624 e. The third-order valence-electron chi connectivity index (χ3n) is 1.55. The number of hydrogen-bond acceptors (Lipinski definition) is 2. The molecule has 0 spiro atoms. The van der Waals surface area contributed by atoms with Gasteiger partial charge < -0.3 is 10.8 Å². The number of aliphatic hydroxyl groups excluding tert-OH is 1. The molecule has 1 aromatic carbocycles. The van der Waals surface area contributed by atoms with Gasteiger partial charge in [-0.2, -0.15) is 0 Å². The van der Waals surface area contributed by atoms with Crippen molar-refractivity contribution in [3.63, 3.8) is 0 Å². The van der Waals surface area contributed by atoms with Gasteiger partial charge in [0, 0.05) is 8.95 Å². The van der Waals surface area contributed by atoms with Crippen LogP contribution in [0.2, 0.25) is 0 Å². The minimum absolute atomic E-state index is 0. The predicted octanol–water partition coefficient (Wildman–Crippen LogP) is 2.63. The van der Waals surface area contributed by atoms with Crippen molar-refractivity contribution in [3.8, 4) is 0 Å². The Hall–Kier alpha value is 0.390. The first-order valence-corrected chi connectivity index (χ1v) is 5.05. The average Bonchev–Trinajstić information content (AvgIpc) is 2.08. The molecule has 0 aliphatic heterocycles. The average molecular weight is 331 g/mol. The summed E-state index contributed by atoms with van der Waals surface area (Å²) in [4.78, 5) is 0. The molecule has 3 N–H and O–H groups in total. The number of rotatable bonds is 2. The van der Waals surface area contributed by atoms with E-state index in [1.165, 1.54) is 0 Å². The summed E-state index contributed by atoms with van der Waals surface area (Å²) in [7, 11) is 0. The lowest BCUT2D eigenvalue weighted by atomic mass is 10.1. The Balaban J connectivity index is 0.00000144.